The number of nitrogens with one attached hydrogen (secondary N) is 1. The van der Waals surface area contributed by atoms with E-state index in [9.17, 15) is 14.4 Å². The van der Waals surface area contributed by atoms with Gasteiger partial charge in [-0.15, -0.1) is 0 Å². The number of amides is 1. The molecule has 0 atom stereocenters. The number of hydrogen-bond donors (Lipinski definition) is 1. The third-order valence-electron chi connectivity index (χ3n) is 3.56. The molecule has 2 rings (SSSR count). The van der Waals surface area contributed by atoms with Gasteiger partial charge in [-0.1, -0.05) is 12.1 Å². The molecule has 2 aromatic rings. The van der Waals surface area contributed by atoms with E-state index in [1.54, 1.807) is 38.1 Å². The van der Waals surface area contributed by atoms with E-state index < -0.39 is 17.8 Å². The van der Waals surface area contributed by atoms with E-state index in [0.717, 1.165) is 0 Å². The van der Waals surface area contributed by atoms with Crippen LogP contribution in [0.3, 0.4) is 0 Å². The van der Waals surface area contributed by atoms with E-state index in [0.29, 0.717) is 11.3 Å². The van der Waals surface area contributed by atoms with Gasteiger partial charge in [-0.3, -0.25) is 4.79 Å². The van der Waals surface area contributed by atoms with Gasteiger partial charge in [0, 0.05) is 5.69 Å². The highest BCUT2D eigenvalue weighted by Gasteiger charge is 2.17. The zero-order chi connectivity index (χ0) is 19.8. The van der Waals surface area contributed by atoms with Crippen molar-refractivity contribution in [3.63, 3.8) is 0 Å². The van der Waals surface area contributed by atoms with Crippen molar-refractivity contribution in [3.8, 4) is 5.75 Å². The molecule has 0 saturated carbocycles. The number of carbonyl (C=O) groups is 3. The van der Waals surface area contributed by atoms with Crippen molar-refractivity contribution in [2.24, 2.45) is 0 Å². The number of para-hydroxylation sites is 1. The van der Waals surface area contributed by atoms with Crippen LogP contribution in [0.25, 0.3) is 0 Å². The molecular weight excluding hydrogens is 350 g/mol. The zero-order valence-corrected chi connectivity index (χ0v) is 15.4. The molecule has 1 N–H and O–H groups in total. The molecule has 0 bridgehead atoms. The van der Waals surface area contributed by atoms with E-state index in [-0.39, 0.29) is 30.0 Å². The fraction of sp³-hybridized carbons (Fsp3) is 0.250. The third kappa shape index (κ3) is 5.07. The Morgan fingerprint density at radius 1 is 0.889 bits per heavy atom. The molecule has 0 fully saturated rings. The standard InChI is InChI=1S/C20H21NO6/c1-4-26-19(23)13-10-14(20(24)27-5-2)12-15(11-13)21-18(22)16-8-6-7-9-17(16)25-3/h6-12H,4-5H2,1-3H3,(H,21,22). The van der Waals surface area contributed by atoms with Crippen LogP contribution in [0.1, 0.15) is 44.9 Å². The van der Waals surface area contributed by atoms with Crippen molar-refractivity contribution >= 4 is 23.5 Å². The number of rotatable bonds is 7. The Morgan fingerprint density at radius 3 is 1.96 bits per heavy atom. The first-order chi connectivity index (χ1) is 13.0. The first kappa shape index (κ1) is 20.0. The lowest BCUT2D eigenvalue weighted by atomic mass is 10.1. The SMILES string of the molecule is CCOC(=O)c1cc(NC(=O)c2ccccc2OC)cc(C(=O)OCC)c1. The Labute approximate surface area is 157 Å². The first-order valence-electron chi connectivity index (χ1n) is 8.43. The summed E-state index contributed by atoms with van der Waals surface area (Å²) in [6.45, 7) is 3.73. The van der Waals surface area contributed by atoms with Crippen LogP contribution in [0, 0.1) is 0 Å². The topological polar surface area (TPSA) is 90.9 Å². The van der Waals surface area contributed by atoms with Crippen LogP contribution < -0.4 is 10.1 Å². The monoisotopic (exact) mass is 371 g/mol. The van der Waals surface area contributed by atoms with Crippen LogP contribution in [0.15, 0.2) is 42.5 Å². The van der Waals surface area contributed by atoms with E-state index in [4.69, 9.17) is 14.2 Å². The van der Waals surface area contributed by atoms with Crippen molar-refractivity contribution in [2.75, 3.05) is 25.6 Å². The largest absolute Gasteiger partial charge is 0.496 e. The Hall–Kier alpha value is -3.35. The Balaban J connectivity index is 2.37. The summed E-state index contributed by atoms with van der Waals surface area (Å²) in [5.41, 5.74) is 0.856. The van der Waals surface area contributed by atoms with Gasteiger partial charge < -0.3 is 19.5 Å². The molecule has 0 aliphatic rings. The zero-order valence-electron chi connectivity index (χ0n) is 15.4. The summed E-state index contributed by atoms with van der Waals surface area (Å²) < 4.78 is 15.1. The summed E-state index contributed by atoms with van der Waals surface area (Å²) in [5.74, 6) is -1.24. The lowest BCUT2D eigenvalue weighted by molar-refractivity contribution is 0.0525. The van der Waals surface area contributed by atoms with E-state index in [1.807, 2.05) is 0 Å². The Kier molecular flexibility index (Phi) is 6.93. The van der Waals surface area contributed by atoms with Gasteiger partial charge in [0.15, 0.2) is 0 Å². The molecule has 0 spiro atoms. The maximum Gasteiger partial charge on any atom is 0.338 e. The average molecular weight is 371 g/mol. The lowest BCUT2D eigenvalue weighted by Gasteiger charge is -2.12. The second-order valence-corrected chi connectivity index (χ2v) is 5.39. The normalized spacial score (nSPS) is 10.0. The second-order valence-electron chi connectivity index (χ2n) is 5.39. The van der Waals surface area contributed by atoms with Crippen LogP contribution >= 0.6 is 0 Å². The average Bonchev–Trinajstić information content (AvgIpc) is 2.68. The van der Waals surface area contributed by atoms with Crippen LogP contribution in [0.4, 0.5) is 5.69 Å². The number of carbonyl (C=O) groups excluding carboxylic acids is 3. The summed E-state index contributed by atoms with van der Waals surface area (Å²) in [6.07, 6.45) is 0. The van der Waals surface area contributed by atoms with Crippen molar-refractivity contribution in [1.82, 2.24) is 0 Å². The molecule has 0 radical (unpaired) electrons. The van der Waals surface area contributed by atoms with Crippen molar-refractivity contribution in [1.29, 1.82) is 0 Å². The van der Waals surface area contributed by atoms with Crippen molar-refractivity contribution in [2.45, 2.75) is 13.8 Å². The molecule has 0 saturated heterocycles. The van der Waals surface area contributed by atoms with Gasteiger partial charge >= 0.3 is 11.9 Å². The molecule has 7 heteroatoms. The number of hydrogen-bond acceptors (Lipinski definition) is 6. The highest BCUT2D eigenvalue weighted by molar-refractivity contribution is 6.07. The quantitative estimate of drug-likeness (QED) is 0.751. The highest BCUT2D eigenvalue weighted by Crippen LogP contribution is 2.21. The fourth-order valence-corrected chi connectivity index (χ4v) is 2.39. The molecule has 0 heterocycles. The molecule has 2 aromatic carbocycles. The Bertz CT molecular complexity index is 810. The van der Waals surface area contributed by atoms with Gasteiger partial charge in [-0.05, 0) is 44.2 Å². The number of ether oxygens (including phenoxy) is 3. The van der Waals surface area contributed by atoms with Crippen LogP contribution in [-0.4, -0.2) is 38.2 Å². The minimum Gasteiger partial charge on any atom is -0.496 e. The number of methoxy groups -OCH3 is 1. The van der Waals surface area contributed by atoms with Gasteiger partial charge in [0.25, 0.3) is 5.91 Å². The predicted octanol–water partition coefficient (Wildman–Crippen LogP) is 3.30. The molecule has 0 aliphatic carbocycles. The predicted molar refractivity (Wildman–Crippen MR) is 99.3 cm³/mol. The molecule has 142 valence electrons. The van der Waals surface area contributed by atoms with Gasteiger partial charge in [0.2, 0.25) is 0 Å². The second kappa shape index (κ2) is 9.38. The van der Waals surface area contributed by atoms with Gasteiger partial charge in [-0.2, -0.15) is 0 Å². The van der Waals surface area contributed by atoms with E-state index in [2.05, 4.69) is 5.32 Å². The van der Waals surface area contributed by atoms with Crippen molar-refractivity contribution < 1.29 is 28.6 Å². The number of benzene rings is 2. The highest BCUT2D eigenvalue weighted by atomic mass is 16.5. The summed E-state index contributed by atoms with van der Waals surface area (Å²) in [4.78, 5) is 36.7. The summed E-state index contributed by atoms with van der Waals surface area (Å²) in [7, 11) is 1.46. The molecule has 0 aromatic heterocycles. The van der Waals surface area contributed by atoms with E-state index in [1.165, 1.54) is 25.3 Å². The van der Waals surface area contributed by atoms with Gasteiger partial charge in [0.1, 0.15) is 5.75 Å². The van der Waals surface area contributed by atoms with Crippen molar-refractivity contribution in [3.05, 3.63) is 59.2 Å². The molecule has 27 heavy (non-hydrogen) atoms. The molecule has 7 nitrogen and oxygen atoms in total. The molecular formula is C20H21NO6. The number of esters is 2. The minimum absolute atomic E-state index is 0.137. The maximum atomic E-state index is 12.6. The molecule has 0 aliphatic heterocycles. The fourth-order valence-electron chi connectivity index (χ4n) is 2.39. The molecule has 0 unspecified atom stereocenters. The number of anilines is 1. The summed E-state index contributed by atoms with van der Waals surface area (Å²) in [6, 6.07) is 11.0. The summed E-state index contributed by atoms with van der Waals surface area (Å²) in [5, 5.41) is 2.67. The molecule has 1 amide bonds. The van der Waals surface area contributed by atoms with Gasteiger partial charge in [0.05, 0.1) is 37.0 Å². The van der Waals surface area contributed by atoms with Crippen LogP contribution in [0.5, 0.6) is 5.75 Å². The first-order valence-corrected chi connectivity index (χ1v) is 8.43. The smallest absolute Gasteiger partial charge is 0.338 e. The van der Waals surface area contributed by atoms with E-state index >= 15 is 0 Å². The minimum atomic E-state index is -0.601. The van der Waals surface area contributed by atoms with Crippen LogP contribution in [0.2, 0.25) is 0 Å². The summed E-state index contributed by atoms with van der Waals surface area (Å²) >= 11 is 0. The third-order valence-corrected chi connectivity index (χ3v) is 3.56. The lowest BCUT2D eigenvalue weighted by Crippen LogP contribution is -2.15. The van der Waals surface area contributed by atoms with Gasteiger partial charge in [-0.25, -0.2) is 9.59 Å². The Morgan fingerprint density at radius 2 is 1.44 bits per heavy atom. The maximum absolute atomic E-state index is 12.6. The van der Waals surface area contributed by atoms with Crippen LogP contribution in [-0.2, 0) is 9.47 Å².